The van der Waals surface area contributed by atoms with Crippen LogP contribution in [0, 0.1) is 11.8 Å². The van der Waals surface area contributed by atoms with E-state index >= 15 is 0 Å². The van der Waals surface area contributed by atoms with Crippen LogP contribution in [0.2, 0.25) is 0 Å². The standard InChI is InChI=1S/C13H16N4O2/c1-2-16-12(18)9-17-13(19)11-6-10(4-3-5-14)7-15-8-11/h6-8H,2,5,9,14H2,1H3,(H,16,18)(H,17,19). The molecule has 0 spiro atoms. The van der Waals surface area contributed by atoms with E-state index in [1.54, 1.807) is 12.3 Å². The van der Waals surface area contributed by atoms with Gasteiger partial charge in [-0.3, -0.25) is 14.6 Å². The van der Waals surface area contributed by atoms with E-state index < -0.39 is 0 Å². The topological polar surface area (TPSA) is 97.1 Å². The molecule has 100 valence electrons. The second kappa shape index (κ2) is 7.84. The predicted molar refractivity (Wildman–Crippen MR) is 71.2 cm³/mol. The maximum Gasteiger partial charge on any atom is 0.253 e. The van der Waals surface area contributed by atoms with Crippen LogP contribution in [0.25, 0.3) is 0 Å². The Kier molecular flexibility index (Phi) is 6.06. The summed E-state index contributed by atoms with van der Waals surface area (Å²) in [6.07, 6.45) is 2.96. The third-order valence-electron chi connectivity index (χ3n) is 2.12. The molecule has 1 rings (SSSR count). The van der Waals surface area contributed by atoms with Crippen LogP contribution in [-0.2, 0) is 4.79 Å². The molecule has 4 N–H and O–H groups in total. The Morgan fingerprint density at radius 3 is 2.84 bits per heavy atom. The normalized spacial score (nSPS) is 9.16. The molecule has 0 saturated carbocycles. The summed E-state index contributed by atoms with van der Waals surface area (Å²) in [6.45, 7) is 2.52. The molecular weight excluding hydrogens is 244 g/mol. The van der Waals surface area contributed by atoms with Crippen LogP contribution in [0.15, 0.2) is 18.5 Å². The molecule has 0 unspecified atom stereocenters. The fourth-order valence-electron chi connectivity index (χ4n) is 1.31. The molecular formula is C13H16N4O2. The molecule has 0 aliphatic heterocycles. The lowest BCUT2D eigenvalue weighted by Gasteiger charge is -2.05. The SMILES string of the molecule is CCNC(=O)CNC(=O)c1cncc(C#CCN)c1. The summed E-state index contributed by atoms with van der Waals surface area (Å²) in [6, 6.07) is 1.60. The molecule has 0 bridgehead atoms. The van der Waals surface area contributed by atoms with E-state index in [9.17, 15) is 9.59 Å². The lowest BCUT2D eigenvalue weighted by Crippen LogP contribution is -2.36. The average molecular weight is 260 g/mol. The predicted octanol–water partition coefficient (Wildman–Crippen LogP) is -0.742. The number of rotatable bonds is 4. The zero-order chi connectivity index (χ0) is 14.1. The highest BCUT2D eigenvalue weighted by Gasteiger charge is 2.08. The number of carbonyl (C=O) groups excluding carboxylic acids is 2. The molecule has 19 heavy (non-hydrogen) atoms. The molecule has 0 fully saturated rings. The monoisotopic (exact) mass is 260 g/mol. The largest absolute Gasteiger partial charge is 0.355 e. The van der Waals surface area contributed by atoms with Crippen molar-refractivity contribution in [2.24, 2.45) is 5.73 Å². The van der Waals surface area contributed by atoms with Crippen molar-refractivity contribution in [2.75, 3.05) is 19.6 Å². The minimum atomic E-state index is -0.366. The molecule has 6 nitrogen and oxygen atoms in total. The first kappa shape index (κ1) is 14.7. The highest BCUT2D eigenvalue weighted by atomic mass is 16.2. The summed E-state index contributed by atoms with van der Waals surface area (Å²) in [5.41, 5.74) is 6.23. The van der Waals surface area contributed by atoms with Crippen molar-refractivity contribution in [1.29, 1.82) is 0 Å². The van der Waals surface area contributed by atoms with Crippen molar-refractivity contribution in [1.82, 2.24) is 15.6 Å². The zero-order valence-corrected chi connectivity index (χ0v) is 10.7. The van der Waals surface area contributed by atoms with Gasteiger partial charge in [0.15, 0.2) is 0 Å². The van der Waals surface area contributed by atoms with Crippen LogP contribution < -0.4 is 16.4 Å². The summed E-state index contributed by atoms with van der Waals surface area (Å²) in [7, 11) is 0. The quantitative estimate of drug-likeness (QED) is 0.621. The lowest BCUT2D eigenvalue weighted by molar-refractivity contribution is -0.120. The van der Waals surface area contributed by atoms with Crippen LogP contribution in [0.4, 0.5) is 0 Å². The minimum absolute atomic E-state index is 0.0641. The summed E-state index contributed by atoms with van der Waals surface area (Å²) in [5.74, 6) is 4.87. The van der Waals surface area contributed by atoms with Crippen LogP contribution >= 0.6 is 0 Å². The fraction of sp³-hybridized carbons (Fsp3) is 0.308. The highest BCUT2D eigenvalue weighted by molar-refractivity contribution is 5.96. The Morgan fingerprint density at radius 1 is 1.37 bits per heavy atom. The van der Waals surface area contributed by atoms with Gasteiger partial charge in [0.25, 0.3) is 5.91 Å². The maximum absolute atomic E-state index is 11.8. The third-order valence-corrected chi connectivity index (χ3v) is 2.12. The van der Waals surface area contributed by atoms with Crippen LogP contribution in [0.3, 0.4) is 0 Å². The number of nitrogens with two attached hydrogens (primary N) is 1. The first-order chi connectivity index (χ1) is 9.17. The van der Waals surface area contributed by atoms with E-state index in [0.717, 1.165) is 0 Å². The van der Waals surface area contributed by atoms with Gasteiger partial charge in [-0.15, -0.1) is 0 Å². The zero-order valence-electron chi connectivity index (χ0n) is 10.7. The van der Waals surface area contributed by atoms with E-state index in [1.807, 2.05) is 6.92 Å². The van der Waals surface area contributed by atoms with Crippen molar-refractivity contribution in [2.45, 2.75) is 6.92 Å². The van der Waals surface area contributed by atoms with Gasteiger partial charge in [0.05, 0.1) is 18.7 Å². The van der Waals surface area contributed by atoms with Gasteiger partial charge in [0, 0.05) is 24.5 Å². The van der Waals surface area contributed by atoms with Gasteiger partial charge in [-0.05, 0) is 13.0 Å². The van der Waals surface area contributed by atoms with Gasteiger partial charge in [0.2, 0.25) is 5.91 Å². The molecule has 1 aromatic rings. The van der Waals surface area contributed by atoms with Crippen LogP contribution in [-0.4, -0.2) is 36.4 Å². The number of carbonyl (C=O) groups is 2. The van der Waals surface area contributed by atoms with E-state index in [0.29, 0.717) is 17.7 Å². The molecule has 0 atom stereocenters. The minimum Gasteiger partial charge on any atom is -0.355 e. The molecule has 2 amide bonds. The Balaban J connectivity index is 2.64. The Hall–Kier alpha value is -2.39. The van der Waals surface area contributed by atoms with Gasteiger partial charge < -0.3 is 16.4 Å². The number of hydrogen-bond donors (Lipinski definition) is 3. The first-order valence-corrected chi connectivity index (χ1v) is 5.86. The molecule has 1 heterocycles. The van der Waals surface area contributed by atoms with E-state index in [1.165, 1.54) is 6.20 Å². The number of hydrogen-bond acceptors (Lipinski definition) is 4. The summed E-state index contributed by atoms with van der Waals surface area (Å²) in [5, 5.41) is 5.09. The molecule has 0 radical (unpaired) electrons. The van der Waals surface area contributed by atoms with Crippen molar-refractivity contribution < 1.29 is 9.59 Å². The van der Waals surface area contributed by atoms with Gasteiger partial charge >= 0.3 is 0 Å². The second-order valence-corrected chi connectivity index (χ2v) is 3.60. The molecule has 0 aliphatic carbocycles. The number of pyridine rings is 1. The molecule has 0 saturated heterocycles. The van der Waals surface area contributed by atoms with Crippen LogP contribution in [0.5, 0.6) is 0 Å². The molecule has 0 aliphatic rings. The number of likely N-dealkylation sites (N-methyl/N-ethyl adjacent to an activating group) is 1. The summed E-state index contributed by atoms with van der Waals surface area (Å²) in [4.78, 5) is 26.9. The number of amides is 2. The molecule has 0 aromatic carbocycles. The highest BCUT2D eigenvalue weighted by Crippen LogP contribution is 2.01. The van der Waals surface area contributed by atoms with Crippen molar-refractivity contribution in [3.8, 4) is 11.8 Å². The van der Waals surface area contributed by atoms with E-state index in [2.05, 4.69) is 27.5 Å². The van der Waals surface area contributed by atoms with Gasteiger partial charge in [0.1, 0.15) is 0 Å². The van der Waals surface area contributed by atoms with Crippen molar-refractivity contribution in [3.05, 3.63) is 29.6 Å². The van der Waals surface area contributed by atoms with Gasteiger partial charge in [-0.25, -0.2) is 0 Å². The number of aromatic nitrogens is 1. The molecule has 6 heteroatoms. The smallest absolute Gasteiger partial charge is 0.253 e. The maximum atomic E-state index is 11.8. The Labute approximate surface area is 111 Å². The van der Waals surface area contributed by atoms with Crippen LogP contribution in [0.1, 0.15) is 22.8 Å². The van der Waals surface area contributed by atoms with E-state index in [-0.39, 0.29) is 24.9 Å². The average Bonchev–Trinajstić information content (AvgIpc) is 2.43. The van der Waals surface area contributed by atoms with Gasteiger partial charge in [-0.2, -0.15) is 0 Å². The van der Waals surface area contributed by atoms with Crippen molar-refractivity contribution in [3.63, 3.8) is 0 Å². The van der Waals surface area contributed by atoms with Gasteiger partial charge in [-0.1, -0.05) is 11.8 Å². The number of nitrogens with one attached hydrogen (secondary N) is 2. The van der Waals surface area contributed by atoms with Crippen molar-refractivity contribution >= 4 is 11.8 Å². The Bertz CT molecular complexity index is 517. The lowest BCUT2D eigenvalue weighted by atomic mass is 10.2. The first-order valence-electron chi connectivity index (χ1n) is 5.86. The summed E-state index contributed by atoms with van der Waals surface area (Å²) >= 11 is 0. The number of nitrogens with zero attached hydrogens (tertiary/aromatic N) is 1. The second-order valence-electron chi connectivity index (χ2n) is 3.60. The summed E-state index contributed by atoms with van der Waals surface area (Å²) < 4.78 is 0. The molecule has 1 aromatic heterocycles. The van der Waals surface area contributed by atoms with E-state index in [4.69, 9.17) is 5.73 Å². The Morgan fingerprint density at radius 2 is 2.16 bits per heavy atom. The third kappa shape index (κ3) is 5.19. The fourth-order valence-corrected chi connectivity index (χ4v) is 1.31.